The van der Waals surface area contributed by atoms with Crippen LogP contribution in [0.25, 0.3) is 0 Å². The van der Waals surface area contributed by atoms with Crippen LogP contribution >= 0.6 is 0 Å². The average molecular weight is 438 g/mol. The number of aromatic nitrogens is 3. The van der Waals surface area contributed by atoms with E-state index >= 15 is 0 Å². The molecule has 0 bridgehead atoms. The van der Waals surface area contributed by atoms with Gasteiger partial charge in [-0.05, 0) is 32.4 Å². The molecule has 0 radical (unpaired) electrons. The van der Waals surface area contributed by atoms with Crippen molar-refractivity contribution < 1.29 is 18.7 Å². The zero-order chi connectivity index (χ0) is 23.4. The lowest BCUT2D eigenvalue weighted by Gasteiger charge is -2.15. The molecule has 32 heavy (non-hydrogen) atoms. The Morgan fingerprint density at radius 1 is 1.03 bits per heavy atom. The first kappa shape index (κ1) is 22.6. The summed E-state index contributed by atoms with van der Waals surface area (Å²) in [4.78, 5) is 38.0. The van der Waals surface area contributed by atoms with Gasteiger partial charge in [0.1, 0.15) is 34.6 Å². The van der Waals surface area contributed by atoms with E-state index in [4.69, 9.17) is 4.74 Å². The molecule has 2 heterocycles. The Kier molecular flexibility index (Phi) is 6.62. The van der Waals surface area contributed by atoms with Gasteiger partial charge in [0.2, 0.25) is 0 Å². The molecule has 0 saturated carbocycles. The quantitative estimate of drug-likeness (QED) is 0.540. The van der Waals surface area contributed by atoms with Gasteiger partial charge in [-0.25, -0.2) is 19.3 Å². The van der Waals surface area contributed by atoms with Crippen molar-refractivity contribution in [1.29, 1.82) is 0 Å². The number of hydrogen-bond acceptors (Lipinski definition) is 7. The predicted octanol–water partition coefficient (Wildman–Crippen LogP) is 3.30. The highest BCUT2D eigenvalue weighted by molar-refractivity contribution is 6.10. The zero-order valence-corrected chi connectivity index (χ0v) is 18.3. The van der Waals surface area contributed by atoms with Crippen LogP contribution in [0.15, 0.2) is 30.5 Å². The minimum absolute atomic E-state index is 0.105. The number of rotatable bonds is 6. The number of carbonyl (C=O) groups is 2. The Labute approximate surface area is 184 Å². The van der Waals surface area contributed by atoms with Gasteiger partial charge < -0.3 is 20.7 Å². The molecule has 10 heteroatoms. The second kappa shape index (κ2) is 9.38. The average Bonchev–Trinajstić information content (AvgIpc) is 2.74. The van der Waals surface area contributed by atoms with E-state index in [0.29, 0.717) is 23.0 Å². The third-order valence-corrected chi connectivity index (χ3v) is 4.58. The van der Waals surface area contributed by atoms with E-state index in [2.05, 4.69) is 30.9 Å². The van der Waals surface area contributed by atoms with Crippen molar-refractivity contribution in [2.75, 3.05) is 24.8 Å². The van der Waals surface area contributed by atoms with Crippen LogP contribution in [0.2, 0.25) is 0 Å². The van der Waals surface area contributed by atoms with Crippen LogP contribution in [0, 0.1) is 26.6 Å². The molecule has 0 unspecified atom stereocenters. The van der Waals surface area contributed by atoms with E-state index in [-0.39, 0.29) is 22.6 Å². The second-order valence-electron chi connectivity index (χ2n) is 6.99. The number of anilines is 3. The highest BCUT2D eigenvalue weighted by Gasteiger charge is 2.22. The number of methoxy groups -OCH3 is 1. The van der Waals surface area contributed by atoms with Gasteiger partial charge in [-0.2, -0.15) is 0 Å². The third kappa shape index (κ3) is 4.80. The number of nitrogens with zero attached hydrogens (tertiary/aromatic N) is 3. The number of amides is 2. The van der Waals surface area contributed by atoms with Gasteiger partial charge >= 0.3 is 0 Å². The fourth-order valence-corrected chi connectivity index (χ4v) is 3.18. The standard InChI is InChI=1S/C22H23FN6O3/c1-11-6-7-15(23)19(20(11)32-5)22(31)28-16-9-17(25-10-14(16)21(30)24-4)29-18-8-12(2)26-13(3)27-18/h6-10H,1-5H3,(H,24,30)(H2,25,26,27,28,29,31). The smallest absolute Gasteiger partial charge is 0.262 e. The van der Waals surface area contributed by atoms with Gasteiger partial charge in [0, 0.05) is 31.1 Å². The molecule has 2 amide bonds. The minimum atomic E-state index is -0.765. The largest absolute Gasteiger partial charge is 0.496 e. The number of ether oxygens (including phenoxy) is 1. The number of pyridine rings is 1. The molecule has 3 rings (SSSR count). The van der Waals surface area contributed by atoms with Crippen LogP contribution in [0.3, 0.4) is 0 Å². The molecule has 0 aliphatic carbocycles. The summed E-state index contributed by atoms with van der Waals surface area (Å²) in [5.41, 5.74) is 1.34. The van der Waals surface area contributed by atoms with Gasteiger partial charge in [-0.15, -0.1) is 0 Å². The van der Waals surface area contributed by atoms with Crippen LogP contribution in [0.5, 0.6) is 5.75 Å². The summed E-state index contributed by atoms with van der Waals surface area (Å²) in [5, 5.41) is 8.12. The highest BCUT2D eigenvalue weighted by atomic mass is 19.1. The van der Waals surface area contributed by atoms with Crippen molar-refractivity contribution in [3.8, 4) is 5.75 Å². The van der Waals surface area contributed by atoms with Crippen molar-refractivity contribution in [3.63, 3.8) is 0 Å². The van der Waals surface area contributed by atoms with Crippen molar-refractivity contribution in [3.05, 3.63) is 64.5 Å². The third-order valence-electron chi connectivity index (χ3n) is 4.58. The summed E-state index contributed by atoms with van der Waals surface area (Å²) in [6.07, 6.45) is 1.31. The van der Waals surface area contributed by atoms with Crippen LogP contribution in [-0.2, 0) is 0 Å². The van der Waals surface area contributed by atoms with E-state index in [9.17, 15) is 14.0 Å². The van der Waals surface area contributed by atoms with E-state index < -0.39 is 17.6 Å². The van der Waals surface area contributed by atoms with E-state index in [0.717, 1.165) is 5.69 Å². The van der Waals surface area contributed by atoms with Gasteiger partial charge in [0.15, 0.2) is 0 Å². The summed E-state index contributed by atoms with van der Waals surface area (Å²) >= 11 is 0. The van der Waals surface area contributed by atoms with E-state index in [1.807, 2.05) is 6.92 Å². The molecule has 2 aromatic heterocycles. The van der Waals surface area contributed by atoms with Crippen molar-refractivity contribution in [2.45, 2.75) is 20.8 Å². The van der Waals surface area contributed by atoms with Crippen LogP contribution < -0.4 is 20.7 Å². The SMILES string of the molecule is CNC(=O)c1cnc(Nc2cc(C)nc(C)n2)cc1NC(=O)c1c(F)ccc(C)c1OC. The molecule has 3 N–H and O–H groups in total. The van der Waals surface area contributed by atoms with Gasteiger partial charge in [0.05, 0.1) is 18.4 Å². The Morgan fingerprint density at radius 2 is 1.78 bits per heavy atom. The van der Waals surface area contributed by atoms with Gasteiger partial charge in [-0.1, -0.05) is 6.07 Å². The fourth-order valence-electron chi connectivity index (χ4n) is 3.18. The van der Waals surface area contributed by atoms with Gasteiger partial charge in [-0.3, -0.25) is 9.59 Å². The Balaban J connectivity index is 2.00. The monoisotopic (exact) mass is 438 g/mol. The number of hydrogen-bond donors (Lipinski definition) is 3. The Morgan fingerprint density at radius 3 is 2.44 bits per heavy atom. The molecule has 0 saturated heterocycles. The van der Waals surface area contributed by atoms with Gasteiger partial charge in [0.25, 0.3) is 11.8 Å². The number of benzene rings is 1. The summed E-state index contributed by atoms with van der Waals surface area (Å²) in [6, 6.07) is 5.90. The van der Waals surface area contributed by atoms with Crippen LogP contribution in [0.1, 0.15) is 37.8 Å². The first-order chi connectivity index (χ1) is 15.2. The van der Waals surface area contributed by atoms with Crippen molar-refractivity contribution in [2.24, 2.45) is 0 Å². The Bertz CT molecular complexity index is 1180. The number of halogens is 1. The predicted molar refractivity (Wildman–Crippen MR) is 118 cm³/mol. The molecule has 166 valence electrons. The number of carbonyl (C=O) groups excluding carboxylic acids is 2. The normalized spacial score (nSPS) is 10.4. The summed E-state index contributed by atoms with van der Waals surface area (Å²) in [6.45, 7) is 5.29. The number of aryl methyl sites for hydroxylation is 3. The van der Waals surface area contributed by atoms with Crippen LogP contribution in [-0.4, -0.2) is 40.9 Å². The molecule has 0 fully saturated rings. The number of nitrogens with one attached hydrogen (secondary N) is 3. The lowest BCUT2D eigenvalue weighted by Crippen LogP contribution is -2.23. The molecule has 0 spiro atoms. The maximum absolute atomic E-state index is 14.5. The maximum Gasteiger partial charge on any atom is 0.262 e. The summed E-state index contributed by atoms with van der Waals surface area (Å²) in [5.74, 6) is -0.469. The summed E-state index contributed by atoms with van der Waals surface area (Å²) < 4.78 is 19.7. The zero-order valence-electron chi connectivity index (χ0n) is 18.3. The molecule has 0 aliphatic rings. The topological polar surface area (TPSA) is 118 Å². The molecule has 0 aliphatic heterocycles. The first-order valence-corrected chi connectivity index (χ1v) is 9.69. The second-order valence-corrected chi connectivity index (χ2v) is 6.99. The first-order valence-electron chi connectivity index (χ1n) is 9.69. The maximum atomic E-state index is 14.5. The molecular formula is C22H23FN6O3. The highest BCUT2D eigenvalue weighted by Crippen LogP contribution is 2.28. The lowest BCUT2D eigenvalue weighted by molar-refractivity contribution is 0.0963. The van der Waals surface area contributed by atoms with Crippen molar-refractivity contribution >= 4 is 29.1 Å². The Hall–Kier alpha value is -4.08. The van der Waals surface area contributed by atoms with E-state index in [1.54, 1.807) is 19.9 Å². The fraction of sp³-hybridized carbons (Fsp3) is 0.227. The molecule has 0 atom stereocenters. The van der Waals surface area contributed by atoms with Crippen LogP contribution in [0.4, 0.5) is 21.7 Å². The molecule has 1 aromatic carbocycles. The lowest BCUT2D eigenvalue weighted by atomic mass is 10.1. The van der Waals surface area contributed by atoms with Crippen molar-refractivity contribution in [1.82, 2.24) is 20.3 Å². The summed E-state index contributed by atoms with van der Waals surface area (Å²) in [7, 11) is 2.81. The molecule has 3 aromatic rings. The van der Waals surface area contributed by atoms with E-state index in [1.165, 1.54) is 38.6 Å². The molecule has 9 nitrogen and oxygen atoms in total. The minimum Gasteiger partial charge on any atom is -0.496 e. The molecular weight excluding hydrogens is 415 g/mol.